The van der Waals surface area contributed by atoms with Crippen LogP contribution in [-0.4, -0.2) is 38.5 Å². The van der Waals surface area contributed by atoms with Gasteiger partial charge in [-0.3, -0.25) is 4.79 Å². The van der Waals surface area contributed by atoms with Gasteiger partial charge in [0.05, 0.1) is 11.9 Å². The van der Waals surface area contributed by atoms with Crippen LogP contribution in [0.5, 0.6) is 0 Å². The Balaban J connectivity index is 2.48. The molecule has 1 aliphatic rings. The minimum absolute atomic E-state index is 0.0118. The molecule has 5 nitrogen and oxygen atoms in total. The van der Waals surface area contributed by atoms with Crippen LogP contribution in [0.25, 0.3) is 0 Å². The van der Waals surface area contributed by atoms with Crippen LogP contribution in [0.15, 0.2) is 30.3 Å². The lowest BCUT2D eigenvalue weighted by atomic mass is 9.99. The van der Waals surface area contributed by atoms with Crippen LogP contribution in [0, 0.1) is 5.41 Å². The number of nitrogens with two attached hydrogens (primary N) is 1. The molecular weight excluding hydrogens is 290 g/mol. The second kappa shape index (κ2) is 5.77. The fourth-order valence-corrected chi connectivity index (χ4v) is 5.15. The number of rotatable bonds is 6. The van der Waals surface area contributed by atoms with E-state index in [9.17, 15) is 13.2 Å². The van der Waals surface area contributed by atoms with Crippen molar-refractivity contribution in [3.8, 4) is 0 Å². The van der Waals surface area contributed by atoms with Gasteiger partial charge in [-0.2, -0.15) is 0 Å². The van der Waals surface area contributed by atoms with Gasteiger partial charge in [0, 0.05) is 18.2 Å². The molecule has 0 radical (unpaired) electrons. The van der Waals surface area contributed by atoms with Crippen LogP contribution in [0.1, 0.15) is 25.3 Å². The molecule has 0 amide bonds. The minimum atomic E-state index is -3.39. The zero-order valence-electron chi connectivity index (χ0n) is 12.3. The average molecular weight is 311 g/mol. The third kappa shape index (κ3) is 2.46. The Morgan fingerprint density at radius 3 is 2.38 bits per heavy atom. The number of hydrogen-bond acceptors (Lipinski definition) is 5. The number of benzene rings is 1. The summed E-state index contributed by atoms with van der Waals surface area (Å²) in [7, 11) is -3.39. The molecule has 6 heteroatoms. The molecule has 0 heterocycles. The van der Waals surface area contributed by atoms with Crippen LogP contribution in [-0.2, 0) is 19.4 Å². The predicted octanol–water partition coefficient (Wildman–Crippen LogP) is 1.10. The summed E-state index contributed by atoms with van der Waals surface area (Å²) in [6.07, 6.45) is 0. The van der Waals surface area contributed by atoms with Crippen LogP contribution >= 0.6 is 0 Å². The van der Waals surface area contributed by atoms with E-state index in [0.717, 1.165) is 5.56 Å². The van der Waals surface area contributed by atoms with Crippen LogP contribution in [0.4, 0.5) is 0 Å². The summed E-state index contributed by atoms with van der Waals surface area (Å²) in [6, 6.07) is 9.17. The molecule has 1 saturated carbocycles. The quantitative estimate of drug-likeness (QED) is 0.795. The van der Waals surface area contributed by atoms with E-state index >= 15 is 0 Å². The van der Waals surface area contributed by atoms with Crippen molar-refractivity contribution in [1.82, 2.24) is 0 Å². The Morgan fingerprint density at radius 2 is 1.90 bits per heavy atom. The molecule has 0 spiro atoms. The summed E-state index contributed by atoms with van der Waals surface area (Å²) in [4.78, 5) is 12.3. The number of esters is 1. The fraction of sp³-hybridized carbons (Fsp3) is 0.533. The van der Waals surface area contributed by atoms with Crippen LogP contribution in [0.2, 0.25) is 0 Å². The largest absolute Gasteiger partial charge is 0.465 e. The molecule has 2 rings (SSSR count). The lowest BCUT2D eigenvalue weighted by molar-refractivity contribution is -0.149. The van der Waals surface area contributed by atoms with Crippen molar-refractivity contribution in [3.63, 3.8) is 0 Å². The maximum absolute atomic E-state index is 12.4. The number of carbonyl (C=O) groups is 1. The van der Waals surface area contributed by atoms with E-state index in [4.69, 9.17) is 10.5 Å². The first-order valence-corrected chi connectivity index (χ1v) is 8.81. The number of hydrogen-bond donors (Lipinski definition) is 1. The summed E-state index contributed by atoms with van der Waals surface area (Å²) < 4.78 is 29.8. The Morgan fingerprint density at radius 1 is 1.29 bits per heavy atom. The van der Waals surface area contributed by atoms with Gasteiger partial charge in [-0.25, -0.2) is 8.42 Å². The molecule has 1 aromatic carbocycles. The molecule has 0 unspecified atom stereocenters. The van der Waals surface area contributed by atoms with Crippen molar-refractivity contribution in [1.29, 1.82) is 0 Å². The van der Waals surface area contributed by atoms with Crippen LogP contribution < -0.4 is 5.73 Å². The number of ether oxygens (including phenoxy) is 1. The zero-order chi connectivity index (χ0) is 15.7. The molecule has 1 aliphatic carbocycles. The summed E-state index contributed by atoms with van der Waals surface area (Å²) in [5.74, 6) is -0.946. The average Bonchev–Trinajstić information content (AvgIpc) is 3.20. The normalized spacial score (nSPS) is 28.1. The summed E-state index contributed by atoms with van der Waals surface area (Å²) in [5, 5.41) is -0.790. The highest BCUT2D eigenvalue weighted by Crippen LogP contribution is 2.63. The van der Waals surface area contributed by atoms with Crippen molar-refractivity contribution >= 4 is 15.8 Å². The Kier molecular flexibility index (Phi) is 4.39. The molecule has 0 saturated heterocycles. The van der Waals surface area contributed by atoms with Gasteiger partial charge in [0.1, 0.15) is 5.41 Å². The van der Waals surface area contributed by atoms with Gasteiger partial charge in [-0.15, -0.1) is 0 Å². The van der Waals surface area contributed by atoms with Gasteiger partial charge >= 0.3 is 5.97 Å². The molecule has 116 valence electrons. The monoisotopic (exact) mass is 311 g/mol. The van der Waals surface area contributed by atoms with Gasteiger partial charge in [0.15, 0.2) is 9.84 Å². The highest BCUT2D eigenvalue weighted by Gasteiger charge is 2.74. The third-order valence-electron chi connectivity index (χ3n) is 4.20. The zero-order valence-corrected chi connectivity index (χ0v) is 13.1. The standard InChI is InChI=1S/C15H21NO4S/c1-3-20-14(17)15(10-16)12(11-8-6-5-7-9-11)13(15)21(18,19)4-2/h5-9,12-13H,3-4,10,16H2,1-2H3/t12-,13-,15+/m0/s1. The van der Waals surface area contributed by atoms with Crippen molar-refractivity contribution in [2.24, 2.45) is 11.1 Å². The maximum Gasteiger partial charge on any atom is 0.315 e. The Bertz CT molecular complexity index is 614. The highest BCUT2D eigenvalue weighted by molar-refractivity contribution is 7.92. The lowest BCUT2D eigenvalue weighted by Gasteiger charge is -2.14. The van der Waals surface area contributed by atoms with E-state index in [2.05, 4.69) is 0 Å². The fourth-order valence-electron chi connectivity index (χ4n) is 3.08. The molecule has 21 heavy (non-hydrogen) atoms. The van der Waals surface area contributed by atoms with E-state index in [-0.39, 0.29) is 18.9 Å². The molecule has 0 aliphatic heterocycles. The van der Waals surface area contributed by atoms with Crippen LogP contribution in [0.3, 0.4) is 0 Å². The minimum Gasteiger partial charge on any atom is -0.465 e. The lowest BCUT2D eigenvalue weighted by Crippen LogP contribution is -2.34. The second-order valence-corrected chi connectivity index (χ2v) is 7.64. The van der Waals surface area contributed by atoms with Gasteiger partial charge in [0.2, 0.25) is 0 Å². The predicted molar refractivity (Wildman–Crippen MR) is 80.6 cm³/mol. The molecule has 1 fully saturated rings. The van der Waals surface area contributed by atoms with Gasteiger partial charge in [-0.1, -0.05) is 37.3 Å². The van der Waals surface area contributed by atoms with Crippen molar-refractivity contribution in [3.05, 3.63) is 35.9 Å². The van der Waals surface area contributed by atoms with Crippen molar-refractivity contribution in [2.45, 2.75) is 25.0 Å². The van der Waals surface area contributed by atoms with Crippen molar-refractivity contribution in [2.75, 3.05) is 18.9 Å². The van der Waals surface area contributed by atoms with Crippen molar-refractivity contribution < 1.29 is 17.9 Å². The first-order valence-electron chi connectivity index (χ1n) is 7.09. The first kappa shape index (κ1) is 16.0. The molecule has 2 N–H and O–H groups in total. The summed E-state index contributed by atoms with van der Waals surface area (Å²) >= 11 is 0. The highest BCUT2D eigenvalue weighted by atomic mass is 32.2. The van der Waals surface area contributed by atoms with E-state index in [0.29, 0.717) is 0 Å². The Labute approximate surface area is 125 Å². The van der Waals surface area contributed by atoms with E-state index in [1.807, 2.05) is 30.3 Å². The van der Waals surface area contributed by atoms with E-state index in [1.54, 1.807) is 13.8 Å². The first-order chi connectivity index (χ1) is 9.95. The Hall–Kier alpha value is -1.40. The molecular formula is C15H21NO4S. The van der Waals surface area contributed by atoms with Gasteiger partial charge in [0.25, 0.3) is 0 Å². The topological polar surface area (TPSA) is 86.5 Å². The third-order valence-corrected chi connectivity index (χ3v) is 6.47. The molecule has 3 atom stereocenters. The van der Waals surface area contributed by atoms with E-state index < -0.39 is 32.4 Å². The SMILES string of the molecule is CCOC(=O)[C@]1(CN)[C@@H](c2ccccc2)[C@@H]1S(=O)(=O)CC. The molecule has 0 bridgehead atoms. The summed E-state index contributed by atoms with van der Waals surface area (Å²) in [6.45, 7) is 3.46. The molecule has 0 aromatic heterocycles. The number of sulfone groups is 1. The molecule has 1 aromatic rings. The summed E-state index contributed by atoms with van der Waals surface area (Å²) in [5.41, 5.74) is 5.48. The smallest absolute Gasteiger partial charge is 0.315 e. The van der Waals surface area contributed by atoms with E-state index in [1.165, 1.54) is 0 Å². The van der Waals surface area contributed by atoms with Gasteiger partial charge in [-0.05, 0) is 12.5 Å². The van der Waals surface area contributed by atoms with Gasteiger partial charge < -0.3 is 10.5 Å². The second-order valence-electron chi connectivity index (χ2n) is 5.23. The number of carbonyl (C=O) groups excluding carboxylic acids is 1. The maximum atomic E-state index is 12.4.